The van der Waals surface area contributed by atoms with Crippen LogP contribution in [0.5, 0.6) is 0 Å². The van der Waals surface area contributed by atoms with Gasteiger partial charge in [-0.25, -0.2) is 4.79 Å². The number of carbonyl (C=O) groups excluding carboxylic acids is 1. The first kappa shape index (κ1) is 13.9. The number of benzene rings is 2. The molecule has 0 spiro atoms. The summed E-state index contributed by atoms with van der Waals surface area (Å²) in [6.07, 6.45) is 1.65. The molecule has 5 nitrogen and oxygen atoms in total. The van der Waals surface area contributed by atoms with E-state index in [0.29, 0.717) is 12.2 Å². The molecule has 2 aromatic carbocycles. The van der Waals surface area contributed by atoms with Crippen molar-refractivity contribution in [1.29, 1.82) is 0 Å². The highest BCUT2D eigenvalue weighted by Crippen LogP contribution is 2.16. The molecule has 0 atom stereocenters. The van der Waals surface area contributed by atoms with Crippen molar-refractivity contribution in [1.82, 2.24) is 10.3 Å². The summed E-state index contributed by atoms with van der Waals surface area (Å²) >= 11 is 0. The Bertz CT molecular complexity index is 856. The van der Waals surface area contributed by atoms with Crippen LogP contribution in [0.2, 0.25) is 0 Å². The lowest BCUT2D eigenvalue weighted by molar-refractivity contribution is 0.251. The van der Waals surface area contributed by atoms with Gasteiger partial charge in [0.2, 0.25) is 5.56 Å². The van der Waals surface area contributed by atoms with Crippen LogP contribution in [0.3, 0.4) is 0 Å². The Kier molecular flexibility index (Phi) is 3.87. The fraction of sp³-hybridized carbons (Fsp3) is 0.0588. The van der Waals surface area contributed by atoms with E-state index in [1.807, 2.05) is 36.4 Å². The van der Waals surface area contributed by atoms with Crippen molar-refractivity contribution < 1.29 is 4.79 Å². The lowest BCUT2D eigenvalue weighted by atomic mass is 10.1. The van der Waals surface area contributed by atoms with Crippen LogP contribution in [0.25, 0.3) is 10.8 Å². The maximum Gasteiger partial charge on any atom is 0.319 e. The fourth-order valence-electron chi connectivity index (χ4n) is 2.19. The number of hydrogen-bond donors (Lipinski definition) is 3. The lowest BCUT2D eigenvalue weighted by Gasteiger charge is -2.08. The summed E-state index contributed by atoms with van der Waals surface area (Å²) in [6.45, 7) is 0.458. The Balaban J connectivity index is 1.67. The van der Waals surface area contributed by atoms with Gasteiger partial charge in [-0.15, -0.1) is 0 Å². The Morgan fingerprint density at radius 2 is 1.82 bits per heavy atom. The molecule has 0 radical (unpaired) electrons. The van der Waals surface area contributed by atoms with E-state index in [2.05, 4.69) is 15.6 Å². The third kappa shape index (κ3) is 3.32. The predicted octanol–water partition coefficient (Wildman–Crippen LogP) is 2.85. The van der Waals surface area contributed by atoms with E-state index < -0.39 is 0 Å². The van der Waals surface area contributed by atoms with Gasteiger partial charge in [0.25, 0.3) is 0 Å². The monoisotopic (exact) mass is 293 g/mol. The van der Waals surface area contributed by atoms with Gasteiger partial charge >= 0.3 is 6.03 Å². The number of rotatable bonds is 3. The van der Waals surface area contributed by atoms with Crippen molar-refractivity contribution >= 4 is 22.5 Å². The van der Waals surface area contributed by atoms with Crippen LogP contribution < -0.4 is 16.2 Å². The zero-order valence-corrected chi connectivity index (χ0v) is 11.8. The van der Waals surface area contributed by atoms with Gasteiger partial charge in [-0.05, 0) is 28.5 Å². The normalized spacial score (nSPS) is 10.4. The van der Waals surface area contributed by atoms with Gasteiger partial charge in [-0.2, -0.15) is 0 Å². The van der Waals surface area contributed by atoms with Gasteiger partial charge in [0.15, 0.2) is 0 Å². The molecule has 0 aliphatic heterocycles. The molecule has 0 saturated heterocycles. The topological polar surface area (TPSA) is 74.0 Å². The second-order valence-corrected chi connectivity index (χ2v) is 4.93. The molecule has 1 heterocycles. The average Bonchev–Trinajstić information content (AvgIpc) is 2.53. The van der Waals surface area contributed by atoms with Gasteiger partial charge in [0.05, 0.1) is 0 Å². The number of anilines is 1. The molecular weight excluding hydrogens is 278 g/mol. The number of aromatic amines is 1. The van der Waals surface area contributed by atoms with Crippen molar-refractivity contribution in [3.63, 3.8) is 0 Å². The molecule has 110 valence electrons. The van der Waals surface area contributed by atoms with Crippen LogP contribution in [0.4, 0.5) is 10.5 Å². The minimum atomic E-state index is -0.284. The van der Waals surface area contributed by atoms with Crippen molar-refractivity contribution in [3.05, 3.63) is 76.7 Å². The summed E-state index contributed by atoms with van der Waals surface area (Å²) in [4.78, 5) is 25.8. The first-order valence-corrected chi connectivity index (χ1v) is 6.92. The molecule has 3 aromatic rings. The Morgan fingerprint density at radius 3 is 2.64 bits per heavy atom. The third-order valence-electron chi connectivity index (χ3n) is 3.30. The molecule has 3 rings (SSSR count). The van der Waals surface area contributed by atoms with Crippen molar-refractivity contribution in [2.75, 3.05) is 5.32 Å². The highest BCUT2D eigenvalue weighted by atomic mass is 16.2. The number of fused-ring (bicyclic) bond motifs is 1. The minimum Gasteiger partial charge on any atom is -0.334 e. The second-order valence-electron chi connectivity index (χ2n) is 4.93. The van der Waals surface area contributed by atoms with Gasteiger partial charge in [0, 0.05) is 24.5 Å². The molecule has 0 unspecified atom stereocenters. The van der Waals surface area contributed by atoms with E-state index in [4.69, 9.17) is 0 Å². The Morgan fingerprint density at radius 1 is 1.00 bits per heavy atom. The largest absolute Gasteiger partial charge is 0.334 e. The third-order valence-corrected chi connectivity index (χ3v) is 3.30. The SMILES string of the molecule is O=C(NCc1ccccc1)Nc1ccc2c[nH]c(=O)cc2c1. The van der Waals surface area contributed by atoms with Crippen LogP contribution in [-0.4, -0.2) is 11.0 Å². The first-order valence-electron chi connectivity index (χ1n) is 6.92. The van der Waals surface area contributed by atoms with Gasteiger partial charge in [0.1, 0.15) is 0 Å². The number of urea groups is 1. The van der Waals surface area contributed by atoms with E-state index in [9.17, 15) is 9.59 Å². The second kappa shape index (κ2) is 6.13. The molecule has 22 heavy (non-hydrogen) atoms. The van der Waals surface area contributed by atoms with Gasteiger partial charge < -0.3 is 15.6 Å². The highest BCUT2D eigenvalue weighted by Gasteiger charge is 2.03. The molecular formula is C17H15N3O2. The minimum absolute atomic E-state index is 0.168. The van der Waals surface area contributed by atoms with Crippen molar-refractivity contribution in [2.45, 2.75) is 6.54 Å². The highest BCUT2D eigenvalue weighted by molar-refractivity contribution is 5.93. The summed E-state index contributed by atoms with van der Waals surface area (Å²) in [7, 11) is 0. The number of amides is 2. The molecule has 1 aromatic heterocycles. The molecule has 0 aliphatic rings. The molecule has 0 saturated carbocycles. The number of aromatic nitrogens is 1. The Labute approximate surface area is 127 Å². The maximum absolute atomic E-state index is 11.9. The van der Waals surface area contributed by atoms with Gasteiger partial charge in [-0.1, -0.05) is 36.4 Å². The van der Waals surface area contributed by atoms with Crippen LogP contribution in [-0.2, 0) is 6.54 Å². The number of carbonyl (C=O) groups is 1. The van der Waals surface area contributed by atoms with Crippen molar-refractivity contribution in [3.8, 4) is 0 Å². The quantitative estimate of drug-likeness (QED) is 0.694. The fourth-order valence-corrected chi connectivity index (χ4v) is 2.19. The maximum atomic E-state index is 11.9. The van der Waals surface area contributed by atoms with Gasteiger partial charge in [-0.3, -0.25) is 4.79 Å². The lowest BCUT2D eigenvalue weighted by Crippen LogP contribution is -2.28. The zero-order valence-electron chi connectivity index (χ0n) is 11.8. The summed E-state index contributed by atoms with van der Waals surface area (Å²) in [5.74, 6) is 0. The summed E-state index contributed by atoms with van der Waals surface area (Å²) in [6, 6.07) is 16.3. The zero-order chi connectivity index (χ0) is 15.4. The van der Waals surface area contributed by atoms with Crippen molar-refractivity contribution in [2.24, 2.45) is 0 Å². The van der Waals surface area contributed by atoms with E-state index in [1.165, 1.54) is 6.07 Å². The van der Waals surface area contributed by atoms with E-state index in [1.54, 1.807) is 18.3 Å². The van der Waals surface area contributed by atoms with Crippen LogP contribution in [0, 0.1) is 0 Å². The van der Waals surface area contributed by atoms with Crippen LogP contribution in [0.15, 0.2) is 65.6 Å². The standard InChI is InChI=1S/C17H15N3O2/c21-16-9-14-8-15(7-6-13(14)11-18-16)20-17(22)19-10-12-4-2-1-3-5-12/h1-9,11H,10H2,(H,18,21)(H2,19,20,22). The average molecular weight is 293 g/mol. The molecule has 2 amide bonds. The molecule has 3 N–H and O–H groups in total. The predicted molar refractivity (Wildman–Crippen MR) is 86.9 cm³/mol. The van der Waals surface area contributed by atoms with Crippen LogP contribution in [0.1, 0.15) is 5.56 Å². The summed E-state index contributed by atoms with van der Waals surface area (Å²) in [5, 5.41) is 7.24. The number of H-pyrrole nitrogens is 1. The molecule has 0 fully saturated rings. The first-order chi connectivity index (χ1) is 10.7. The van der Waals surface area contributed by atoms with E-state index in [0.717, 1.165) is 16.3 Å². The van der Waals surface area contributed by atoms with Crippen LogP contribution >= 0.6 is 0 Å². The molecule has 0 bridgehead atoms. The number of pyridine rings is 1. The van der Waals surface area contributed by atoms with E-state index in [-0.39, 0.29) is 11.6 Å². The molecule has 0 aliphatic carbocycles. The smallest absolute Gasteiger partial charge is 0.319 e. The van der Waals surface area contributed by atoms with E-state index >= 15 is 0 Å². The number of nitrogens with one attached hydrogen (secondary N) is 3. The number of hydrogen-bond acceptors (Lipinski definition) is 2. The Hall–Kier alpha value is -3.08. The summed E-state index contributed by atoms with van der Waals surface area (Å²) in [5.41, 5.74) is 1.50. The molecule has 5 heteroatoms. The summed E-state index contributed by atoms with van der Waals surface area (Å²) < 4.78 is 0.